The first-order valence-electron chi connectivity index (χ1n) is 7.74. The molecule has 2 N–H and O–H groups in total. The molecule has 1 aliphatic carbocycles. The maximum atomic E-state index is 12.8. The summed E-state index contributed by atoms with van der Waals surface area (Å²) in [5.41, 5.74) is 0. The first-order chi connectivity index (χ1) is 10.9. The fourth-order valence-electron chi connectivity index (χ4n) is 2.87. The topological polar surface area (TPSA) is 67.1 Å². The van der Waals surface area contributed by atoms with Crippen molar-refractivity contribution in [2.75, 3.05) is 13.6 Å². The molecule has 0 amide bonds. The van der Waals surface area contributed by atoms with Gasteiger partial charge in [-0.25, -0.2) is 0 Å². The molecule has 0 aliphatic heterocycles. The van der Waals surface area contributed by atoms with Crippen molar-refractivity contribution in [3.8, 4) is 0 Å². The van der Waals surface area contributed by atoms with Crippen LogP contribution in [0.5, 0.6) is 0 Å². The minimum Gasteiger partial charge on any atom is -0.356 e. The molecule has 0 aromatic carbocycles. The maximum Gasteiger partial charge on any atom is 0.391 e. The van der Waals surface area contributed by atoms with E-state index >= 15 is 0 Å². The summed E-state index contributed by atoms with van der Waals surface area (Å²) in [6, 6.07) is 0. The standard InChI is InChI=1S/C14H23F3N6/c1-18-13(20-8-12-22-21-9-23(12)2)19-7-10-4-3-5-11(6-10)14(15,16)17/h9-11H,3-8H2,1-2H3,(H2,18,19,20). The van der Waals surface area contributed by atoms with Gasteiger partial charge in [0.25, 0.3) is 0 Å². The molecule has 1 aliphatic rings. The monoisotopic (exact) mass is 332 g/mol. The van der Waals surface area contributed by atoms with Gasteiger partial charge in [0.1, 0.15) is 6.33 Å². The van der Waals surface area contributed by atoms with E-state index in [2.05, 4.69) is 25.8 Å². The number of hydrogen-bond acceptors (Lipinski definition) is 3. The van der Waals surface area contributed by atoms with Crippen molar-refractivity contribution in [2.24, 2.45) is 23.9 Å². The van der Waals surface area contributed by atoms with Crippen LogP contribution < -0.4 is 10.6 Å². The first-order valence-corrected chi connectivity index (χ1v) is 7.74. The molecule has 0 spiro atoms. The zero-order valence-corrected chi connectivity index (χ0v) is 13.4. The van der Waals surface area contributed by atoms with Gasteiger partial charge >= 0.3 is 6.18 Å². The molecule has 9 heteroatoms. The van der Waals surface area contributed by atoms with E-state index in [1.165, 1.54) is 0 Å². The summed E-state index contributed by atoms with van der Waals surface area (Å²) in [5.74, 6) is 0.158. The van der Waals surface area contributed by atoms with Gasteiger partial charge in [0.15, 0.2) is 11.8 Å². The average molecular weight is 332 g/mol. The SMILES string of the molecule is CN=C(NCc1nncn1C)NCC1CCCC(C(F)(F)F)C1. The number of halogens is 3. The second-order valence-corrected chi connectivity index (χ2v) is 5.94. The third-order valence-corrected chi connectivity index (χ3v) is 4.25. The molecule has 130 valence electrons. The number of hydrogen-bond donors (Lipinski definition) is 2. The lowest BCUT2D eigenvalue weighted by Crippen LogP contribution is -2.41. The van der Waals surface area contributed by atoms with Crippen LogP contribution in [0.2, 0.25) is 0 Å². The fourth-order valence-corrected chi connectivity index (χ4v) is 2.87. The molecule has 0 radical (unpaired) electrons. The van der Waals surface area contributed by atoms with Crippen molar-refractivity contribution in [3.05, 3.63) is 12.2 Å². The van der Waals surface area contributed by atoms with Crippen molar-refractivity contribution >= 4 is 5.96 Å². The predicted molar refractivity (Wildman–Crippen MR) is 80.7 cm³/mol. The zero-order chi connectivity index (χ0) is 16.9. The highest BCUT2D eigenvalue weighted by atomic mass is 19.4. The van der Waals surface area contributed by atoms with Crippen LogP contribution >= 0.6 is 0 Å². The number of aromatic nitrogens is 3. The first kappa shape index (κ1) is 17.6. The van der Waals surface area contributed by atoms with Crippen LogP contribution in [-0.4, -0.2) is 40.5 Å². The lowest BCUT2D eigenvalue weighted by atomic mass is 9.81. The van der Waals surface area contributed by atoms with Crippen LogP contribution in [0.1, 0.15) is 31.5 Å². The van der Waals surface area contributed by atoms with Crippen molar-refractivity contribution < 1.29 is 13.2 Å². The smallest absolute Gasteiger partial charge is 0.356 e. The Labute approximate surface area is 133 Å². The molecule has 2 atom stereocenters. The molecule has 1 heterocycles. The molecular weight excluding hydrogens is 309 g/mol. The van der Waals surface area contributed by atoms with Crippen LogP contribution in [0.4, 0.5) is 13.2 Å². The van der Waals surface area contributed by atoms with E-state index in [4.69, 9.17) is 0 Å². The number of aryl methyl sites for hydroxylation is 1. The van der Waals surface area contributed by atoms with Crippen LogP contribution in [0.15, 0.2) is 11.3 Å². The van der Waals surface area contributed by atoms with Crippen LogP contribution in [0.25, 0.3) is 0 Å². The molecule has 2 rings (SSSR count). The Hall–Kier alpha value is -1.80. The molecule has 1 fully saturated rings. The second kappa shape index (κ2) is 7.65. The molecule has 1 aromatic heterocycles. The summed E-state index contributed by atoms with van der Waals surface area (Å²) in [4.78, 5) is 4.08. The minimum atomic E-state index is -4.08. The lowest BCUT2D eigenvalue weighted by molar-refractivity contribution is -0.185. The molecule has 0 bridgehead atoms. The highest BCUT2D eigenvalue weighted by Gasteiger charge is 2.41. The van der Waals surface area contributed by atoms with E-state index in [0.29, 0.717) is 25.5 Å². The quantitative estimate of drug-likeness (QED) is 0.652. The Balaban J connectivity index is 1.78. The van der Waals surface area contributed by atoms with Gasteiger partial charge < -0.3 is 15.2 Å². The third kappa shape index (κ3) is 5.11. The number of aliphatic imine (C=N–C) groups is 1. The van der Waals surface area contributed by atoms with E-state index in [9.17, 15) is 13.2 Å². The van der Waals surface area contributed by atoms with Gasteiger partial charge in [-0.1, -0.05) is 6.42 Å². The Morgan fingerprint density at radius 1 is 1.39 bits per heavy atom. The summed E-state index contributed by atoms with van der Waals surface area (Å²) >= 11 is 0. The Morgan fingerprint density at radius 2 is 2.17 bits per heavy atom. The average Bonchev–Trinajstić information content (AvgIpc) is 2.92. The number of alkyl halides is 3. The van der Waals surface area contributed by atoms with Crippen molar-refractivity contribution in [3.63, 3.8) is 0 Å². The van der Waals surface area contributed by atoms with Gasteiger partial charge in [0.2, 0.25) is 0 Å². The van der Waals surface area contributed by atoms with E-state index in [1.54, 1.807) is 17.9 Å². The largest absolute Gasteiger partial charge is 0.391 e. The van der Waals surface area contributed by atoms with E-state index in [0.717, 1.165) is 12.2 Å². The summed E-state index contributed by atoms with van der Waals surface area (Å²) < 4.78 is 40.3. The van der Waals surface area contributed by atoms with E-state index in [-0.39, 0.29) is 18.8 Å². The van der Waals surface area contributed by atoms with Crippen LogP contribution in [0.3, 0.4) is 0 Å². The van der Waals surface area contributed by atoms with Gasteiger partial charge in [-0.05, 0) is 25.2 Å². The van der Waals surface area contributed by atoms with Crippen molar-refractivity contribution in [1.82, 2.24) is 25.4 Å². The molecule has 0 saturated heterocycles. The van der Waals surface area contributed by atoms with Gasteiger partial charge in [-0.2, -0.15) is 13.2 Å². The molecule has 1 saturated carbocycles. The summed E-state index contributed by atoms with van der Waals surface area (Å²) in [6.45, 7) is 0.942. The lowest BCUT2D eigenvalue weighted by Gasteiger charge is -2.30. The van der Waals surface area contributed by atoms with Gasteiger partial charge in [-0.3, -0.25) is 4.99 Å². The number of guanidine groups is 1. The Bertz CT molecular complexity index is 525. The predicted octanol–water partition coefficient (Wildman–Crippen LogP) is 1.85. The zero-order valence-electron chi connectivity index (χ0n) is 13.4. The third-order valence-electron chi connectivity index (χ3n) is 4.25. The molecule has 23 heavy (non-hydrogen) atoms. The fraction of sp³-hybridized carbons (Fsp3) is 0.786. The van der Waals surface area contributed by atoms with Gasteiger partial charge in [0.05, 0.1) is 12.5 Å². The van der Waals surface area contributed by atoms with Crippen molar-refractivity contribution in [2.45, 2.75) is 38.4 Å². The second-order valence-electron chi connectivity index (χ2n) is 5.94. The Kier molecular flexibility index (Phi) is 5.84. The normalized spacial score (nSPS) is 22.9. The summed E-state index contributed by atoms with van der Waals surface area (Å²) in [5, 5.41) is 13.9. The highest BCUT2D eigenvalue weighted by Crippen LogP contribution is 2.39. The molecule has 6 nitrogen and oxygen atoms in total. The molecule has 1 aromatic rings. The summed E-state index contributed by atoms with van der Waals surface area (Å²) in [7, 11) is 3.47. The van der Waals surface area contributed by atoms with Crippen LogP contribution in [-0.2, 0) is 13.6 Å². The molecular formula is C14H23F3N6. The van der Waals surface area contributed by atoms with Gasteiger partial charge in [0, 0.05) is 20.6 Å². The highest BCUT2D eigenvalue weighted by molar-refractivity contribution is 5.79. The number of rotatable bonds is 4. The number of nitrogens with zero attached hydrogens (tertiary/aromatic N) is 4. The maximum absolute atomic E-state index is 12.8. The van der Waals surface area contributed by atoms with E-state index in [1.807, 2.05) is 7.05 Å². The molecule has 2 unspecified atom stereocenters. The van der Waals surface area contributed by atoms with Crippen LogP contribution in [0, 0.1) is 11.8 Å². The minimum absolute atomic E-state index is 0.0174. The van der Waals surface area contributed by atoms with E-state index < -0.39 is 12.1 Å². The Morgan fingerprint density at radius 3 is 2.78 bits per heavy atom. The van der Waals surface area contributed by atoms with Gasteiger partial charge in [-0.15, -0.1) is 10.2 Å². The van der Waals surface area contributed by atoms with Crippen molar-refractivity contribution in [1.29, 1.82) is 0 Å². The number of nitrogens with one attached hydrogen (secondary N) is 2. The summed E-state index contributed by atoms with van der Waals surface area (Å²) in [6.07, 6.45) is -0.590.